The molecule has 6 nitrogen and oxygen atoms in total. The molecule has 196 valence electrons. The number of hydrogen-bond donors (Lipinski definition) is 0. The molecule has 0 spiro atoms. The second kappa shape index (κ2) is 11.2. The van der Waals surface area contributed by atoms with E-state index < -0.39 is 0 Å². The van der Waals surface area contributed by atoms with Gasteiger partial charge in [-0.2, -0.15) is 10.5 Å². The fraction of sp³-hybridized carbons (Fsp3) is 0.0857. The van der Waals surface area contributed by atoms with E-state index in [4.69, 9.17) is 0 Å². The summed E-state index contributed by atoms with van der Waals surface area (Å²) in [5.74, 6) is 0. The van der Waals surface area contributed by atoms with E-state index in [1.807, 2.05) is 78.7 Å². The molecule has 0 unspecified atom stereocenters. The molecule has 0 bridgehead atoms. The molecule has 0 amide bonds. The van der Waals surface area contributed by atoms with Gasteiger partial charge >= 0.3 is 0 Å². The van der Waals surface area contributed by atoms with E-state index in [0.29, 0.717) is 24.3 Å². The SMILES string of the molecule is Cn1cncc1CN(Cc1cccc(-c2ccnc(C#N)c2)c1)c1ccc(C#N)c(-c2cccc3ccccc23)c1. The van der Waals surface area contributed by atoms with Crippen LogP contribution in [0.3, 0.4) is 0 Å². The average molecular weight is 531 g/mol. The molecular weight excluding hydrogens is 504 g/mol. The van der Waals surface area contributed by atoms with Gasteiger partial charge in [0.05, 0.1) is 30.2 Å². The van der Waals surface area contributed by atoms with E-state index in [0.717, 1.165) is 50.0 Å². The highest BCUT2D eigenvalue weighted by atomic mass is 15.2. The predicted octanol–water partition coefficient (Wildman–Crippen LogP) is 7.25. The molecule has 0 aliphatic heterocycles. The van der Waals surface area contributed by atoms with E-state index in [1.54, 1.807) is 6.20 Å². The Morgan fingerprint density at radius 1 is 0.780 bits per heavy atom. The summed E-state index contributed by atoms with van der Waals surface area (Å²) in [5, 5.41) is 21.6. The Morgan fingerprint density at radius 2 is 1.61 bits per heavy atom. The maximum atomic E-state index is 10.0. The van der Waals surface area contributed by atoms with Gasteiger partial charge in [0.2, 0.25) is 0 Å². The molecule has 0 aliphatic rings. The Hall–Kier alpha value is -5.72. The van der Waals surface area contributed by atoms with Crippen molar-refractivity contribution < 1.29 is 0 Å². The van der Waals surface area contributed by atoms with Gasteiger partial charge in [-0.3, -0.25) is 0 Å². The molecule has 0 atom stereocenters. The lowest BCUT2D eigenvalue weighted by atomic mass is 9.94. The Labute approximate surface area is 239 Å². The van der Waals surface area contributed by atoms with Crippen molar-refractivity contribution in [2.24, 2.45) is 7.05 Å². The van der Waals surface area contributed by atoms with Crippen LogP contribution in [0.5, 0.6) is 0 Å². The molecule has 6 heteroatoms. The number of aryl methyl sites for hydroxylation is 1. The highest BCUT2D eigenvalue weighted by molar-refractivity contribution is 5.98. The highest BCUT2D eigenvalue weighted by Crippen LogP contribution is 2.34. The van der Waals surface area contributed by atoms with Crippen molar-refractivity contribution in [1.82, 2.24) is 14.5 Å². The van der Waals surface area contributed by atoms with Crippen molar-refractivity contribution in [2.45, 2.75) is 13.1 Å². The largest absolute Gasteiger partial charge is 0.361 e. The third kappa shape index (κ3) is 5.28. The molecule has 6 aromatic rings. The minimum absolute atomic E-state index is 0.393. The van der Waals surface area contributed by atoms with Crippen molar-refractivity contribution in [3.05, 3.63) is 138 Å². The van der Waals surface area contributed by atoms with Crippen molar-refractivity contribution in [3.8, 4) is 34.4 Å². The summed E-state index contributed by atoms with van der Waals surface area (Å²) in [4.78, 5) is 10.7. The maximum Gasteiger partial charge on any atom is 0.141 e. The minimum Gasteiger partial charge on any atom is -0.361 e. The fourth-order valence-corrected chi connectivity index (χ4v) is 5.22. The number of imidazole rings is 1. The van der Waals surface area contributed by atoms with Gasteiger partial charge < -0.3 is 9.47 Å². The van der Waals surface area contributed by atoms with Crippen LogP contribution in [-0.4, -0.2) is 14.5 Å². The van der Waals surface area contributed by atoms with Crippen LogP contribution >= 0.6 is 0 Å². The number of pyridine rings is 1. The lowest BCUT2D eigenvalue weighted by Crippen LogP contribution is -2.23. The average Bonchev–Trinajstić information content (AvgIpc) is 3.44. The first-order chi connectivity index (χ1) is 20.1. The van der Waals surface area contributed by atoms with Crippen molar-refractivity contribution in [1.29, 1.82) is 10.5 Å². The summed E-state index contributed by atoms with van der Waals surface area (Å²) in [6.45, 7) is 1.27. The molecule has 6 rings (SSSR count). The van der Waals surface area contributed by atoms with Crippen LogP contribution in [0.2, 0.25) is 0 Å². The van der Waals surface area contributed by atoms with Gasteiger partial charge in [-0.15, -0.1) is 0 Å². The van der Waals surface area contributed by atoms with Crippen molar-refractivity contribution in [3.63, 3.8) is 0 Å². The summed E-state index contributed by atoms with van der Waals surface area (Å²) < 4.78 is 2.03. The molecule has 2 aromatic heterocycles. The summed E-state index contributed by atoms with van der Waals surface area (Å²) >= 11 is 0. The lowest BCUT2D eigenvalue weighted by molar-refractivity contribution is 0.736. The van der Waals surface area contributed by atoms with Gasteiger partial charge in [0.15, 0.2) is 0 Å². The van der Waals surface area contributed by atoms with Gasteiger partial charge in [0.1, 0.15) is 11.8 Å². The summed E-state index contributed by atoms with van der Waals surface area (Å²) in [6, 6.07) is 37.2. The summed E-state index contributed by atoms with van der Waals surface area (Å²) in [7, 11) is 2.00. The minimum atomic E-state index is 0.393. The number of rotatable bonds is 7. The molecule has 4 aromatic carbocycles. The number of fused-ring (bicyclic) bond motifs is 1. The second-order valence-corrected chi connectivity index (χ2v) is 9.96. The predicted molar refractivity (Wildman–Crippen MR) is 162 cm³/mol. The van der Waals surface area contributed by atoms with E-state index in [9.17, 15) is 10.5 Å². The van der Waals surface area contributed by atoms with Gasteiger partial charge in [0, 0.05) is 37.2 Å². The van der Waals surface area contributed by atoms with Crippen LogP contribution in [-0.2, 0) is 20.1 Å². The second-order valence-electron chi connectivity index (χ2n) is 9.96. The van der Waals surface area contributed by atoms with E-state index in [2.05, 4.69) is 69.5 Å². The number of benzene rings is 4. The van der Waals surface area contributed by atoms with Crippen molar-refractivity contribution >= 4 is 16.5 Å². The Kier molecular flexibility index (Phi) is 6.97. The zero-order valence-electron chi connectivity index (χ0n) is 22.6. The first-order valence-corrected chi connectivity index (χ1v) is 13.3. The molecule has 0 radical (unpaired) electrons. The zero-order valence-corrected chi connectivity index (χ0v) is 22.6. The van der Waals surface area contributed by atoms with E-state index in [1.165, 1.54) is 0 Å². The monoisotopic (exact) mass is 530 g/mol. The van der Waals surface area contributed by atoms with Crippen molar-refractivity contribution in [2.75, 3.05) is 4.90 Å². The number of aromatic nitrogens is 3. The smallest absolute Gasteiger partial charge is 0.141 e. The Bertz CT molecular complexity index is 1950. The zero-order chi connectivity index (χ0) is 28.2. The standard InChI is InChI=1S/C35H26N6/c1-40-24-38-21-32(40)23-41(22-25-6-4-9-27(16-25)28-14-15-39-30(17-28)20-37)31-13-12-29(19-36)35(18-31)34-11-5-8-26-7-2-3-10-33(26)34/h2-18,21,24H,22-23H2,1H3. The van der Waals surface area contributed by atoms with Crippen LogP contribution < -0.4 is 4.90 Å². The number of hydrogen-bond acceptors (Lipinski definition) is 5. The third-order valence-corrected chi connectivity index (χ3v) is 7.35. The van der Waals surface area contributed by atoms with Gasteiger partial charge in [0.25, 0.3) is 0 Å². The molecule has 0 aliphatic carbocycles. The quantitative estimate of drug-likeness (QED) is 0.217. The highest BCUT2D eigenvalue weighted by Gasteiger charge is 2.16. The molecule has 2 heterocycles. The topological polar surface area (TPSA) is 81.5 Å². The van der Waals surface area contributed by atoms with Gasteiger partial charge in [-0.1, -0.05) is 60.7 Å². The molecule has 0 fully saturated rings. The van der Waals surface area contributed by atoms with Gasteiger partial charge in [-0.25, -0.2) is 9.97 Å². The maximum absolute atomic E-state index is 10.0. The summed E-state index contributed by atoms with van der Waals surface area (Å²) in [6.07, 6.45) is 5.37. The van der Waals surface area contributed by atoms with E-state index >= 15 is 0 Å². The van der Waals surface area contributed by atoms with Crippen LogP contribution in [0.15, 0.2) is 116 Å². The van der Waals surface area contributed by atoms with Crippen LogP contribution in [0.4, 0.5) is 5.69 Å². The summed E-state index contributed by atoms with van der Waals surface area (Å²) in [5.41, 5.74) is 8.16. The molecular formula is C35H26N6. The molecule has 41 heavy (non-hydrogen) atoms. The lowest BCUT2D eigenvalue weighted by Gasteiger charge is -2.26. The number of anilines is 1. The normalized spacial score (nSPS) is 10.7. The molecule has 0 N–H and O–H groups in total. The number of nitriles is 2. The van der Waals surface area contributed by atoms with E-state index in [-0.39, 0.29) is 0 Å². The fourth-order valence-electron chi connectivity index (χ4n) is 5.22. The van der Waals surface area contributed by atoms with Crippen LogP contribution in [0.1, 0.15) is 22.5 Å². The molecule has 0 saturated heterocycles. The first-order valence-electron chi connectivity index (χ1n) is 13.3. The van der Waals surface area contributed by atoms with Crippen LogP contribution in [0, 0.1) is 22.7 Å². The third-order valence-electron chi connectivity index (χ3n) is 7.35. The first kappa shape index (κ1) is 25.6. The number of nitrogens with zero attached hydrogens (tertiary/aromatic N) is 6. The molecule has 0 saturated carbocycles. The Morgan fingerprint density at radius 3 is 2.44 bits per heavy atom. The Balaban J connectivity index is 1.43. The van der Waals surface area contributed by atoms with Crippen LogP contribution in [0.25, 0.3) is 33.0 Å². The van der Waals surface area contributed by atoms with Gasteiger partial charge in [-0.05, 0) is 69.4 Å².